The quantitative estimate of drug-likeness (QED) is 0.895. The fourth-order valence-corrected chi connectivity index (χ4v) is 2.78. The lowest BCUT2D eigenvalue weighted by molar-refractivity contribution is -0.127. The summed E-state index contributed by atoms with van der Waals surface area (Å²) in [5.74, 6) is -0.330. The molecule has 2 amide bonds. The van der Waals surface area contributed by atoms with Crippen molar-refractivity contribution < 1.29 is 9.59 Å². The van der Waals surface area contributed by atoms with Crippen LogP contribution in [0, 0.1) is 0 Å². The SMILES string of the molecule is CC(C)(C)NC(=O)CNC(=O)[C@H]1CCCc2ccccc21. The third kappa shape index (κ3) is 4.31. The average molecular weight is 288 g/mol. The van der Waals surface area contributed by atoms with E-state index in [1.54, 1.807) is 0 Å². The fourth-order valence-electron chi connectivity index (χ4n) is 2.78. The highest BCUT2D eigenvalue weighted by molar-refractivity contribution is 5.89. The van der Waals surface area contributed by atoms with Gasteiger partial charge in [-0.25, -0.2) is 0 Å². The van der Waals surface area contributed by atoms with E-state index in [0.29, 0.717) is 0 Å². The van der Waals surface area contributed by atoms with E-state index in [9.17, 15) is 9.59 Å². The van der Waals surface area contributed by atoms with Gasteiger partial charge >= 0.3 is 0 Å². The number of rotatable bonds is 3. The van der Waals surface area contributed by atoms with Crippen LogP contribution in [-0.2, 0) is 16.0 Å². The van der Waals surface area contributed by atoms with E-state index in [4.69, 9.17) is 0 Å². The molecule has 0 heterocycles. The minimum Gasteiger partial charge on any atom is -0.350 e. The van der Waals surface area contributed by atoms with Gasteiger partial charge in [0.1, 0.15) is 0 Å². The molecular formula is C17H24N2O2. The van der Waals surface area contributed by atoms with Crippen molar-refractivity contribution in [2.45, 2.75) is 51.5 Å². The van der Waals surface area contributed by atoms with Gasteiger partial charge in [-0.05, 0) is 51.2 Å². The molecule has 2 rings (SSSR count). The van der Waals surface area contributed by atoms with E-state index in [0.717, 1.165) is 24.8 Å². The van der Waals surface area contributed by atoms with Gasteiger partial charge in [0, 0.05) is 5.54 Å². The van der Waals surface area contributed by atoms with E-state index in [-0.39, 0.29) is 29.8 Å². The maximum Gasteiger partial charge on any atom is 0.239 e. The van der Waals surface area contributed by atoms with Crippen molar-refractivity contribution >= 4 is 11.8 Å². The molecule has 114 valence electrons. The molecular weight excluding hydrogens is 264 g/mol. The first-order valence-corrected chi connectivity index (χ1v) is 7.53. The van der Waals surface area contributed by atoms with Gasteiger partial charge in [0.25, 0.3) is 0 Å². The molecule has 0 saturated heterocycles. The van der Waals surface area contributed by atoms with E-state index in [1.807, 2.05) is 39.0 Å². The Morgan fingerprint density at radius 3 is 2.67 bits per heavy atom. The summed E-state index contributed by atoms with van der Waals surface area (Å²) in [6, 6.07) is 8.09. The number of hydrogen-bond donors (Lipinski definition) is 2. The Balaban J connectivity index is 1.95. The van der Waals surface area contributed by atoms with Gasteiger partial charge in [0.05, 0.1) is 12.5 Å². The highest BCUT2D eigenvalue weighted by Crippen LogP contribution is 2.31. The molecule has 1 atom stereocenters. The van der Waals surface area contributed by atoms with E-state index in [2.05, 4.69) is 16.7 Å². The van der Waals surface area contributed by atoms with Crippen LogP contribution in [0.15, 0.2) is 24.3 Å². The summed E-state index contributed by atoms with van der Waals surface area (Å²) in [5, 5.41) is 5.61. The van der Waals surface area contributed by atoms with Crippen molar-refractivity contribution in [2.24, 2.45) is 0 Å². The van der Waals surface area contributed by atoms with Crippen LogP contribution in [0.2, 0.25) is 0 Å². The van der Waals surface area contributed by atoms with Crippen LogP contribution in [0.3, 0.4) is 0 Å². The zero-order valence-electron chi connectivity index (χ0n) is 13.0. The lowest BCUT2D eigenvalue weighted by atomic mass is 9.82. The van der Waals surface area contributed by atoms with Gasteiger partial charge in [-0.15, -0.1) is 0 Å². The molecule has 1 aliphatic carbocycles. The zero-order valence-corrected chi connectivity index (χ0v) is 13.0. The summed E-state index contributed by atoms with van der Waals surface area (Å²) < 4.78 is 0. The van der Waals surface area contributed by atoms with Crippen LogP contribution in [0.5, 0.6) is 0 Å². The van der Waals surface area contributed by atoms with E-state index < -0.39 is 0 Å². The molecule has 0 radical (unpaired) electrons. The highest BCUT2D eigenvalue weighted by atomic mass is 16.2. The van der Waals surface area contributed by atoms with Crippen LogP contribution < -0.4 is 10.6 Å². The third-order valence-corrected chi connectivity index (χ3v) is 3.62. The Bertz CT molecular complexity index is 532. The largest absolute Gasteiger partial charge is 0.350 e. The smallest absolute Gasteiger partial charge is 0.239 e. The second-order valence-electron chi connectivity index (χ2n) is 6.66. The summed E-state index contributed by atoms with van der Waals surface area (Å²) >= 11 is 0. The molecule has 0 aromatic heterocycles. The zero-order chi connectivity index (χ0) is 15.5. The number of fused-ring (bicyclic) bond motifs is 1. The highest BCUT2D eigenvalue weighted by Gasteiger charge is 2.26. The van der Waals surface area contributed by atoms with Gasteiger partial charge in [-0.2, -0.15) is 0 Å². The van der Waals surface area contributed by atoms with Gasteiger partial charge in [-0.1, -0.05) is 24.3 Å². The molecule has 4 heteroatoms. The number of carbonyl (C=O) groups is 2. The standard InChI is InChI=1S/C17H24N2O2/c1-17(2,3)19-15(20)11-18-16(21)14-10-6-8-12-7-4-5-9-13(12)14/h4-5,7,9,14H,6,8,10-11H2,1-3H3,(H,18,21)(H,19,20)/t14-/m0/s1. The fraction of sp³-hybridized carbons (Fsp3) is 0.529. The monoisotopic (exact) mass is 288 g/mol. The maximum atomic E-state index is 12.3. The van der Waals surface area contributed by atoms with Crippen LogP contribution >= 0.6 is 0 Å². The first-order valence-electron chi connectivity index (χ1n) is 7.53. The van der Waals surface area contributed by atoms with Gasteiger partial charge < -0.3 is 10.6 Å². The maximum absolute atomic E-state index is 12.3. The van der Waals surface area contributed by atoms with Crippen molar-refractivity contribution in [3.05, 3.63) is 35.4 Å². The molecule has 0 fully saturated rings. The van der Waals surface area contributed by atoms with Crippen molar-refractivity contribution in [3.63, 3.8) is 0 Å². The summed E-state index contributed by atoms with van der Waals surface area (Å²) in [5.41, 5.74) is 2.08. The third-order valence-electron chi connectivity index (χ3n) is 3.62. The molecule has 0 unspecified atom stereocenters. The Kier molecular flexibility index (Phi) is 4.66. The summed E-state index contributed by atoms with van der Waals surface area (Å²) in [6.07, 6.45) is 2.90. The molecule has 0 aliphatic heterocycles. The number of nitrogens with one attached hydrogen (secondary N) is 2. The van der Waals surface area contributed by atoms with Crippen LogP contribution in [-0.4, -0.2) is 23.9 Å². The molecule has 21 heavy (non-hydrogen) atoms. The molecule has 0 saturated carbocycles. The Morgan fingerprint density at radius 2 is 1.95 bits per heavy atom. The predicted octanol–water partition coefficient (Wildman–Crippen LogP) is 2.14. The molecule has 0 spiro atoms. The Hall–Kier alpha value is -1.84. The minimum absolute atomic E-state index is 0.0365. The van der Waals surface area contributed by atoms with Crippen molar-refractivity contribution in [1.82, 2.24) is 10.6 Å². The van der Waals surface area contributed by atoms with Crippen LogP contribution in [0.1, 0.15) is 50.7 Å². The van der Waals surface area contributed by atoms with Gasteiger partial charge in [-0.3, -0.25) is 9.59 Å². The summed E-state index contributed by atoms with van der Waals surface area (Å²) in [6.45, 7) is 5.80. The lowest BCUT2D eigenvalue weighted by Crippen LogP contribution is -2.46. The number of benzene rings is 1. The van der Waals surface area contributed by atoms with Crippen molar-refractivity contribution in [1.29, 1.82) is 0 Å². The van der Waals surface area contributed by atoms with Gasteiger partial charge in [0.15, 0.2) is 0 Å². The number of aryl methyl sites for hydroxylation is 1. The summed E-state index contributed by atoms with van der Waals surface area (Å²) in [4.78, 5) is 24.1. The predicted molar refractivity (Wildman–Crippen MR) is 83.0 cm³/mol. The first-order chi connectivity index (χ1) is 9.87. The van der Waals surface area contributed by atoms with Crippen LogP contribution in [0.25, 0.3) is 0 Å². The molecule has 1 aromatic carbocycles. The number of hydrogen-bond acceptors (Lipinski definition) is 2. The van der Waals surface area contributed by atoms with Crippen molar-refractivity contribution in [2.75, 3.05) is 6.54 Å². The number of carbonyl (C=O) groups excluding carboxylic acids is 2. The van der Waals surface area contributed by atoms with E-state index >= 15 is 0 Å². The minimum atomic E-state index is -0.279. The Labute approximate surface area is 126 Å². The number of amides is 2. The normalized spacial score (nSPS) is 17.8. The summed E-state index contributed by atoms with van der Waals surface area (Å²) in [7, 11) is 0. The molecule has 0 bridgehead atoms. The topological polar surface area (TPSA) is 58.2 Å². The first kappa shape index (κ1) is 15.5. The molecule has 2 N–H and O–H groups in total. The Morgan fingerprint density at radius 1 is 1.24 bits per heavy atom. The van der Waals surface area contributed by atoms with E-state index in [1.165, 1.54) is 5.56 Å². The molecule has 1 aromatic rings. The van der Waals surface area contributed by atoms with Crippen molar-refractivity contribution in [3.8, 4) is 0 Å². The second-order valence-corrected chi connectivity index (χ2v) is 6.66. The second kappa shape index (κ2) is 6.29. The van der Waals surface area contributed by atoms with Crippen LogP contribution in [0.4, 0.5) is 0 Å². The average Bonchev–Trinajstić information content (AvgIpc) is 2.42. The molecule has 1 aliphatic rings. The van der Waals surface area contributed by atoms with Gasteiger partial charge in [0.2, 0.25) is 11.8 Å². The lowest BCUT2D eigenvalue weighted by Gasteiger charge is -2.25. The molecule has 4 nitrogen and oxygen atoms in total.